The number of hydrogen-bond donors (Lipinski definition) is 2. The van der Waals surface area contributed by atoms with E-state index in [0.29, 0.717) is 10.9 Å². The van der Waals surface area contributed by atoms with Crippen LogP contribution in [0.25, 0.3) is 0 Å². The van der Waals surface area contributed by atoms with Crippen molar-refractivity contribution in [3.8, 4) is 0 Å². The number of nitrogens with zero attached hydrogens (tertiary/aromatic N) is 1. The number of anilines is 1. The highest BCUT2D eigenvalue weighted by Gasteiger charge is 2.17. The zero-order valence-electron chi connectivity index (χ0n) is 11.2. The molecule has 1 aliphatic heterocycles. The van der Waals surface area contributed by atoms with Crippen LogP contribution >= 0.6 is 11.6 Å². The van der Waals surface area contributed by atoms with Gasteiger partial charge in [-0.1, -0.05) is 17.7 Å². The predicted molar refractivity (Wildman–Crippen MR) is 78.7 cm³/mol. The summed E-state index contributed by atoms with van der Waals surface area (Å²) >= 11 is 5.89. The van der Waals surface area contributed by atoms with Gasteiger partial charge in [0.15, 0.2) is 0 Å². The standard InChI is InChI=1S/C14H20ClN3O/c1-18(10-11-4-3-7-16-9-11)14(19)17-13-6-2-5-12(15)8-13/h2,5-6,8,11,16H,3-4,7,9-10H2,1H3,(H,17,19). The lowest BCUT2D eigenvalue weighted by atomic mass is 9.99. The van der Waals surface area contributed by atoms with Crippen molar-refractivity contribution in [2.75, 3.05) is 32.0 Å². The molecule has 4 nitrogen and oxygen atoms in total. The fraction of sp³-hybridized carbons (Fsp3) is 0.500. The Kier molecular flexibility index (Phi) is 5.05. The van der Waals surface area contributed by atoms with Crippen LogP contribution in [0.2, 0.25) is 5.02 Å². The van der Waals surface area contributed by atoms with Crippen LogP contribution in [0.4, 0.5) is 10.5 Å². The highest BCUT2D eigenvalue weighted by Crippen LogP contribution is 2.16. The summed E-state index contributed by atoms with van der Waals surface area (Å²) < 4.78 is 0. The molecule has 1 atom stereocenters. The van der Waals surface area contributed by atoms with Crippen molar-refractivity contribution < 1.29 is 4.79 Å². The van der Waals surface area contributed by atoms with Crippen LogP contribution in [0.1, 0.15) is 12.8 Å². The Hall–Kier alpha value is -1.26. The van der Waals surface area contributed by atoms with Gasteiger partial charge in [0.2, 0.25) is 0 Å². The third kappa shape index (κ3) is 4.40. The van der Waals surface area contributed by atoms with Gasteiger partial charge in [-0.15, -0.1) is 0 Å². The average Bonchev–Trinajstić information content (AvgIpc) is 2.40. The summed E-state index contributed by atoms with van der Waals surface area (Å²) in [6.45, 7) is 2.86. The smallest absolute Gasteiger partial charge is 0.321 e. The van der Waals surface area contributed by atoms with Gasteiger partial charge < -0.3 is 15.5 Å². The minimum atomic E-state index is -0.0900. The second kappa shape index (κ2) is 6.78. The maximum absolute atomic E-state index is 12.0. The van der Waals surface area contributed by atoms with Crippen molar-refractivity contribution >= 4 is 23.3 Å². The Bertz CT molecular complexity index is 432. The highest BCUT2D eigenvalue weighted by molar-refractivity contribution is 6.30. The molecule has 1 aromatic rings. The van der Waals surface area contributed by atoms with Gasteiger partial charge in [-0.3, -0.25) is 0 Å². The van der Waals surface area contributed by atoms with Crippen LogP contribution in [0.15, 0.2) is 24.3 Å². The van der Waals surface area contributed by atoms with E-state index < -0.39 is 0 Å². The topological polar surface area (TPSA) is 44.4 Å². The quantitative estimate of drug-likeness (QED) is 0.895. The van der Waals surface area contributed by atoms with E-state index in [9.17, 15) is 4.79 Å². The molecule has 2 amide bonds. The predicted octanol–water partition coefficient (Wildman–Crippen LogP) is 2.80. The van der Waals surface area contributed by atoms with Gasteiger partial charge in [-0.2, -0.15) is 0 Å². The van der Waals surface area contributed by atoms with Crippen molar-refractivity contribution in [1.82, 2.24) is 10.2 Å². The lowest BCUT2D eigenvalue weighted by Gasteiger charge is -2.27. The Morgan fingerprint density at radius 2 is 2.42 bits per heavy atom. The average molecular weight is 282 g/mol. The van der Waals surface area contributed by atoms with E-state index in [-0.39, 0.29) is 6.03 Å². The molecule has 0 bridgehead atoms. The number of hydrogen-bond acceptors (Lipinski definition) is 2. The number of urea groups is 1. The van der Waals surface area contributed by atoms with E-state index in [1.54, 1.807) is 17.0 Å². The summed E-state index contributed by atoms with van der Waals surface area (Å²) in [4.78, 5) is 13.8. The summed E-state index contributed by atoms with van der Waals surface area (Å²) in [6.07, 6.45) is 2.37. The molecule has 1 aromatic carbocycles. The second-order valence-corrected chi connectivity index (χ2v) is 5.47. The first kappa shape index (κ1) is 14.2. The fourth-order valence-electron chi connectivity index (χ4n) is 2.34. The van der Waals surface area contributed by atoms with E-state index >= 15 is 0 Å². The van der Waals surface area contributed by atoms with Crippen LogP contribution in [-0.2, 0) is 0 Å². The molecule has 1 fully saturated rings. The van der Waals surface area contributed by atoms with Crippen LogP contribution < -0.4 is 10.6 Å². The summed E-state index contributed by atoms with van der Waals surface area (Å²) in [5.41, 5.74) is 0.728. The SMILES string of the molecule is CN(CC1CCCNC1)C(=O)Nc1cccc(Cl)c1. The van der Waals surface area contributed by atoms with Crippen molar-refractivity contribution in [2.45, 2.75) is 12.8 Å². The molecule has 0 radical (unpaired) electrons. The van der Waals surface area contributed by atoms with Crippen LogP contribution in [-0.4, -0.2) is 37.6 Å². The normalized spacial score (nSPS) is 18.9. The van der Waals surface area contributed by atoms with E-state index in [4.69, 9.17) is 11.6 Å². The van der Waals surface area contributed by atoms with Gasteiger partial charge in [0.25, 0.3) is 0 Å². The minimum Gasteiger partial charge on any atom is -0.327 e. The molecular formula is C14H20ClN3O. The van der Waals surface area contributed by atoms with Crippen molar-refractivity contribution in [2.24, 2.45) is 5.92 Å². The third-order valence-corrected chi connectivity index (χ3v) is 3.59. The van der Waals surface area contributed by atoms with Gasteiger partial charge in [-0.25, -0.2) is 4.79 Å². The number of carbonyl (C=O) groups excluding carboxylic acids is 1. The summed E-state index contributed by atoms with van der Waals surface area (Å²) in [5, 5.41) is 6.84. The first-order chi connectivity index (χ1) is 9.15. The van der Waals surface area contributed by atoms with E-state index in [1.807, 2.05) is 19.2 Å². The van der Waals surface area contributed by atoms with Gasteiger partial charge in [0, 0.05) is 24.3 Å². The molecule has 1 saturated heterocycles. The summed E-state index contributed by atoms with van der Waals surface area (Å²) in [5.74, 6) is 0.545. The van der Waals surface area contributed by atoms with Gasteiger partial charge in [0.05, 0.1) is 0 Å². The molecule has 0 aliphatic carbocycles. The summed E-state index contributed by atoms with van der Waals surface area (Å²) in [7, 11) is 1.83. The number of benzene rings is 1. The van der Waals surface area contributed by atoms with Crippen LogP contribution in [0, 0.1) is 5.92 Å². The van der Waals surface area contributed by atoms with E-state index in [1.165, 1.54) is 12.8 Å². The Balaban J connectivity index is 1.84. The Morgan fingerprint density at radius 1 is 1.58 bits per heavy atom. The highest BCUT2D eigenvalue weighted by atomic mass is 35.5. The molecule has 0 saturated carbocycles. The van der Waals surface area contributed by atoms with Crippen LogP contribution in [0.5, 0.6) is 0 Å². The maximum Gasteiger partial charge on any atom is 0.321 e. The molecule has 2 rings (SSSR count). The molecule has 2 N–H and O–H groups in total. The molecule has 104 valence electrons. The Labute approximate surface area is 119 Å². The van der Waals surface area contributed by atoms with Crippen LogP contribution in [0.3, 0.4) is 0 Å². The zero-order valence-corrected chi connectivity index (χ0v) is 11.9. The van der Waals surface area contributed by atoms with Gasteiger partial charge in [0.1, 0.15) is 0 Å². The Morgan fingerprint density at radius 3 is 3.11 bits per heavy atom. The van der Waals surface area contributed by atoms with E-state index in [2.05, 4.69) is 10.6 Å². The van der Waals surface area contributed by atoms with Crippen molar-refractivity contribution in [3.63, 3.8) is 0 Å². The lowest BCUT2D eigenvalue weighted by molar-refractivity contribution is 0.207. The molecule has 1 unspecified atom stereocenters. The largest absolute Gasteiger partial charge is 0.327 e. The molecule has 0 spiro atoms. The minimum absolute atomic E-state index is 0.0900. The van der Waals surface area contributed by atoms with E-state index in [0.717, 1.165) is 25.3 Å². The molecule has 0 aromatic heterocycles. The number of amides is 2. The first-order valence-electron chi connectivity index (χ1n) is 6.63. The number of halogens is 1. The molecule has 1 heterocycles. The molecule has 1 aliphatic rings. The first-order valence-corrected chi connectivity index (χ1v) is 7.01. The molecule has 19 heavy (non-hydrogen) atoms. The number of carbonyl (C=O) groups is 1. The molecular weight excluding hydrogens is 262 g/mol. The molecule has 5 heteroatoms. The monoisotopic (exact) mass is 281 g/mol. The number of rotatable bonds is 3. The van der Waals surface area contributed by atoms with Gasteiger partial charge >= 0.3 is 6.03 Å². The fourth-order valence-corrected chi connectivity index (χ4v) is 2.53. The number of piperidine rings is 1. The van der Waals surface area contributed by atoms with Crippen molar-refractivity contribution in [3.05, 3.63) is 29.3 Å². The zero-order chi connectivity index (χ0) is 13.7. The second-order valence-electron chi connectivity index (χ2n) is 5.03. The van der Waals surface area contributed by atoms with Gasteiger partial charge in [-0.05, 0) is 50.0 Å². The maximum atomic E-state index is 12.0. The van der Waals surface area contributed by atoms with Crippen molar-refractivity contribution in [1.29, 1.82) is 0 Å². The number of nitrogens with one attached hydrogen (secondary N) is 2. The summed E-state index contributed by atoms with van der Waals surface area (Å²) in [6, 6.07) is 7.10. The lowest BCUT2D eigenvalue weighted by Crippen LogP contribution is -2.40. The third-order valence-electron chi connectivity index (χ3n) is 3.35.